The Morgan fingerprint density at radius 1 is 0.694 bits per heavy atom. The van der Waals surface area contributed by atoms with Gasteiger partial charge in [0.2, 0.25) is 0 Å². The number of carbonyl (C=O) groups excluding carboxylic acids is 2. The number of carbonyl (C=O) groups is 3. The largest absolute Gasteiger partial charge is 0.481 e. The molecule has 4 aliphatic carbocycles. The number of hydrogen-bond donors (Lipinski definition) is 3. The number of nitrogens with zero attached hydrogens (tertiary/aromatic N) is 6. The van der Waals surface area contributed by atoms with Gasteiger partial charge < -0.3 is 29.6 Å². The Bertz CT molecular complexity index is 2480. The van der Waals surface area contributed by atoms with Gasteiger partial charge in [-0.15, -0.1) is 0 Å². The lowest BCUT2D eigenvalue weighted by molar-refractivity contribution is -0.148. The molecule has 15 heteroatoms. The van der Waals surface area contributed by atoms with E-state index in [1.54, 1.807) is 18.2 Å². The number of carboxylic acids is 1. The molecule has 6 aliphatic rings. The van der Waals surface area contributed by atoms with E-state index in [1.165, 1.54) is 32.1 Å². The first kappa shape index (κ1) is 41.7. The van der Waals surface area contributed by atoms with Crippen LogP contribution in [-0.4, -0.2) is 91.7 Å². The zero-order valence-electron chi connectivity index (χ0n) is 35.9. The molecule has 10 rings (SSSR count). The fraction of sp³-hybridized carbons (Fsp3) is 0.553. The van der Waals surface area contributed by atoms with Crippen molar-refractivity contribution in [3.8, 4) is 11.1 Å². The fourth-order valence-electron chi connectivity index (χ4n) is 12.8. The number of amides is 2. The fourth-order valence-corrected chi connectivity index (χ4v) is 13.4. The summed E-state index contributed by atoms with van der Waals surface area (Å²) in [6.07, 6.45) is 12.0. The van der Waals surface area contributed by atoms with Gasteiger partial charge in [0.05, 0.1) is 44.8 Å². The number of imidazole rings is 2. The van der Waals surface area contributed by atoms with Crippen LogP contribution in [-0.2, 0) is 49.6 Å². The summed E-state index contributed by atoms with van der Waals surface area (Å²) in [7, 11) is 5.60. The third-order valence-electron chi connectivity index (χ3n) is 16.0. The summed E-state index contributed by atoms with van der Waals surface area (Å²) in [5.74, 6) is -0.721. The maximum Gasteiger partial charge on any atom is 0.309 e. The van der Waals surface area contributed by atoms with Crippen LogP contribution in [0.3, 0.4) is 0 Å². The molecule has 0 atom stereocenters. The van der Waals surface area contributed by atoms with E-state index in [-0.39, 0.29) is 17.2 Å². The molecule has 3 N–H and O–H groups in total. The third-order valence-corrected chi connectivity index (χ3v) is 16.8. The quantitative estimate of drug-likeness (QED) is 0.129. The molecule has 4 bridgehead atoms. The van der Waals surface area contributed by atoms with E-state index in [2.05, 4.69) is 20.4 Å². The molecule has 0 saturated heterocycles. The highest BCUT2D eigenvalue weighted by molar-refractivity contribution is 6.40. The van der Waals surface area contributed by atoms with Gasteiger partial charge >= 0.3 is 5.97 Å². The summed E-state index contributed by atoms with van der Waals surface area (Å²) in [5.41, 5.74) is 6.21. The van der Waals surface area contributed by atoms with Crippen LogP contribution in [0.2, 0.25) is 10.0 Å². The average Bonchev–Trinajstić information content (AvgIpc) is 4.10. The van der Waals surface area contributed by atoms with Crippen LogP contribution in [0.4, 0.5) is 11.4 Å². The Labute approximate surface area is 372 Å². The lowest BCUT2D eigenvalue weighted by Gasteiger charge is -2.35. The first-order valence-electron chi connectivity index (χ1n) is 22.2. The Hall–Kier alpha value is -4.27. The maximum absolute atomic E-state index is 13.9. The number of benzene rings is 2. The second-order valence-corrected chi connectivity index (χ2v) is 20.6. The molecule has 328 valence electrons. The van der Waals surface area contributed by atoms with Crippen LogP contribution in [0.5, 0.6) is 0 Å². The van der Waals surface area contributed by atoms with Crippen LogP contribution in [0.15, 0.2) is 36.4 Å². The molecule has 2 aromatic carbocycles. The standard InChI is InChI=1S/C47H56Cl2N8O5/c1-54-35-10-20-56(26-44-12-14-46(24-44,15-13-44)28-62-3)22-33(35)50-39(54)41(58)52-31-8-4-6-29(37(31)48)30-7-5-9-32(38(30)49)53-42(59)40-51-34-23-57(21-11-36(34)55(40)2)27-45-16-18-47(25-45,19-17-45)43(60)61/h4-9H,10-28H2,1-3H3,(H,52,58)(H,53,59)(H,60,61). The summed E-state index contributed by atoms with van der Waals surface area (Å²) >= 11 is 14.1. The Morgan fingerprint density at radius 3 is 1.60 bits per heavy atom. The minimum absolute atomic E-state index is 0.0471. The SMILES string of the molecule is COCC12CCC(CN3CCc4c(nc(C(=O)Nc5cccc(-c6cccc(NC(=O)c7nc8c(n7C)CCN(CC79CCC(C(=O)O)(CC7)C9)C8)c6Cl)c5Cl)n4C)C3)(CC1)C2. The second-order valence-electron chi connectivity index (χ2n) is 19.8. The summed E-state index contributed by atoms with van der Waals surface area (Å²) in [6, 6.07) is 10.8. The van der Waals surface area contributed by atoms with Gasteiger partial charge in [-0.25, -0.2) is 9.97 Å². The van der Waals surface area contributed by atoms with Gasteiger partial charge in [-0.1, -0.05) is 47.5 Å². The average molecular weight is 884 g/mol. The van der Waals surface area contributed by atoms with E-state index in [9.17, 15) is 19.5 Å². The molecule has 4 heterocycles. The zero-order valence-corrected chi connectivity index (χ0v) is 37.4. The number of halogens is 2. The van der Waals surface area contributed by atoms with Crippen molar-refractivity contribution < 1.29 is 24.2 Å². The molecule has 4 fully saturated rings. The van der Waals surface area contributed by atoms with Gasteiger partial charge in [0, 0.05) is 95.8 Å². The molecule has 4 aromatic rings. The molecular weight excluding hydrogens is 827 g/mol. The van der Waals surface area contributed by atoms with Crippen molar-refractivity contribution in [3.63, 3.8) is 0 Å². The van der Waals surface area contributed by atoms with E-state index in [1.807, 2.05) is 48.5 Å². The number of fused-ring (bicyclic) bond motifs is 6. The summed E-state index contributed by atoms with van der Waals surface area (Å²) in [6.45, 7) is 5.92. The Morgan fingerprint density at radius 2 is 1.15 bits per heavy atom. The number of nitrogens with one attached hydrogen (secondary N) is 2. The van der Waals surface area contributed by atoms with E-state index < -0.39 is 11.4 Å². The normalized spacial score (nSPS) is 27.7. The van der Waals surface area contributed by atoms with E-state index >= 15 is 0 Å². The highest BCUT2D eigenvalue weighted by atomic mass is 35.5. The van der Waals surface area contributed by atoms with Crippen LogP contribution >= 0.6 is 23.2 Å². The molecular formula is C47H56Cl2N8O5. The van der Waals surface area contributed by atoms with Gasteiger partial charge in [-0.05, 0) is 92.6 Å². The minimum atomic E-state index is -0.646. The molecule has 2 amide bonds. The summed E-state index contributed by atoms with van der Waals surface area (Å²) in [4.78, 5) is 54.4. The topological polar surface area (TPSA) is 147 Å². The van der Waals surface area contributed by atoms with Crippen LogP contribution in [0.25, 0.3) is 11.1 Å². The molecule has 4 saturated carbocycles. The third kappa shape index (κ3) is 7.06. The number of methoxy groups -OCH3 is 1. The predicted molar refractivity (Wildman–Crippen MR) is 238 cm³/mol. The second kappa shape index (κ2) is 15.5. The zero-order chi connectivity index (χ0) is 43.2. The number of aromatic nitrogens is 4. The smallest absolute Gasteiger partial charge is 0.309 e. The van der Waals surface area contributed by atoms with Gasteiger partial charge in [0.15, 0.2) is 11.6 Å². The van der Waals surface area contributed by atoms with Gasteiger partial charge in [0.1, 0.15) is 0 Å². The van der Waals surface area contributed by atoms with E-state index in [0.717, 1.165) is 107 Å². The van der Waals surface area contributed by atoms with Gasteiger partial charge in [-0.2, -0.15) is 0 Å². The van der Waals surface area contributed by atoms with Gasteiger partial charge in [-0.3, -0.25) is 24.2 Å². The molecule has 0 unspecified atom stereocenters. The molecule has 2 aliphatic heterocycles. The Kier molecular flexibility index (Phi) is 10.4. The molecule has 0 spiro atoms. The first-order valence-corrected chi connectivity index (χ1v) is 23.0. The van der Waals surface area contributed by atoms with Crippen LogP contribution in [0.1, 0.15) is 108 Å². The van der Waals surface area contributed by atoms with Gasteiger partial charge in [0.25, 0.3) is 11.8 Å². The van der Waals surface area contributed by atoms with Crippen molar-refractivity contribution in [2.45, 2.75) is 90.1 Å². The number of ether oxygens (including phenoxy) is 1. The molecule has 62 heavy (non-hydrogen) atoms. The van der Waals surface area contributed by atoms with E-state index in [4.69, 9.17) is 37.9 Å². The van der Waals surface area contributed by atoms with Crippen molar-refractivity contribution in [1.29, 1.82) is 0 Å². The molecule has 2 aromatic heterocycles. The lowest BCUT2D eigenvalue weighted by atomic mass is 9.81. The van der Waals surface area contributed by atoms with Crippen LogP contribution < -0.4 is 10.6 Å². The van der Waals surface area contributed by atoms with Crippen molar-refractivity contribution in [1.82, 2.24) is 28.9 Å². The van der Waals surface area contributed by atoms with Crippen molar-refractivity contribution >= 4 is 52.4 Å². The van der Waals surface area contributed by atoms with Crippen molar-refractivity contribution in [3.05, 3.63) is 80.9 Å². The predicted octanol–water partition coefficient (Wildman–Crippen LogP) is 7.98. The monoisotopic (exact) mass is 882 g/mol. The minimum Gasteiger partial charge on any atom is -0.481 e. The highest BCUT2D eigenvalue weighted by Gasteiger charge is 2.58. The Balaban J connectivity index is 0.803. The van der Waals surface area contributed by atoms with Crippen molar-refractivity contribution in [2.24, 2.45) is 35.8 Å². The first-order chi connectivity index (χ1) is 29.7. The number of rotatable bonds is 12. The molecule has 13 nitrogen and oxygen atoms in total. The number of anilines is 2. The van der Waals surface area contributed by atoms with Crippen LogP contribution in [0, 0.1) is 21.7 Å². The van der Waals surface area contributed by atoms with E-state index in [0.29, 0.717) is 61.6 Å². The summed E-state index contributed by atoms with van der Waals surface area (Å²) in [5, 5.41) is 16.5. The highest BCUT2D eigenvalue weighted by Crippen LogP contribution is 2.63. The number of hydrogen-bond acceptors (Lipinski definition) is 8. The number of aliphatic carboxylic acids is 1. The maximum atomic E-state index is 13.9. The van der Waals surface area contributed by atoms with Crippen molar-refractivity contribution in [2.75, 3.05) is 50.5 Å². The summed E-state index contributed by atoms with van der Waals surface area (Å²) < 4.78 is 9.40. The number of carboxylic acid groups (broad SMARTS) is 1. The lowest BCUT2D eigenvalue weighted by Crippen LogP contribution is -2.39. The molecule has 0 radical (unpaired) electrons.